The summed E-state index contributed by atoms with van der Waals surface area (Å²) in [4.78, 5) is 24.0. The molecule has 2 aromatic rings. The van der Waals surface area contributed by atoms with Crippen LogP contribution in [0.1, 0.15) is 44.1 Å². The van der Waals surface area contributed by atoms with Gasteiger partial charge in [-0.25, -0.2) is 9.97 Å². The fraction of sp³-hybridized carbons (Fsp3) is 0.562. The lowest BCUT2D eigenvalue weighted by Gasteiger charge is -2.29. The Balaban J connectivity index is 2.01. The van der Waals surface area contributed by atoms with Crippen LogP contribution in [0.3, 0.4) is 0 Å². The molecule has 3 rings (SSSR count). The first-order chi connectivity index (χ1) is 11.5. The zero-order valence-corrected chi connectivity index (χ0v) is 14.2. The molecule has 0 bridgehead atoms. The minimum Gasteiger partial charge on any atom is -0.351 e. The first kappa shape index (κ1) is 16.4. The molecular formula is C16H22N6O2. The highest BCUT2D eigenvalue weighted by Crippen LogP contribution is 2.29. The molecule has 24 heavy (non-hydrogen) atoms. The summed E-state index contributed by atoms with van der Waals surface area (Å²) >= 11 is 0. The van der Waals surface area contributed by atoms with Crippen molar-refractivity contribution in [3.63, 3.8) is 0 Å². The Hall–Kier alpha value is -2.51. The van der Waals surface area contributed by atoms with Crippen molar-refractivity contribution < 1.29 is 4.92 Å². The zero-order valence-electron chi connectivity index (χ0n) is 14.2. The van der Waals surface area contributed by atoms with Gasteiger partial charge < -0.3 is 5.32 Å². The molecule has 2 unspecified atom stereocenters. The van der Waals surface area contributed by atoms with Crippen molar-refractivity contribution in [3.8, 4) is 5.82 Å². The van der Waals surface area contributed by atoms with Gasteiger partial charge in [0.1, 0.15) is 11.5 Å². The van der Waals surface area contributed by atoms with Gasteiger partial charge in [0.2, 0.25) is 11.8 Å². The molecule has 1 aliphatic carbocycles. The topological polar surface area (TPSA) is 98.8 Å². The minimum absolute atomic E-state index is 0.0849. The summed E-state index contributed by atoms with van der Waals surface area (Å²) in [7, 11) is 0. The molecule has 8 heteroatoms. The van der Waals surface area contributed by atoms with E-state index in [-0.39, 0.29) is 11.5 Å². The highest BCUT2D eigenvalue weighted by atomic mass is 16.6. The van der Waals surface area contributed by atoms with Crippen LogP contribution in [0.25, 0.3) is 5.82 Å². The molecule has 128 valence electrons. The zero-order chi connectivity index (χ0) is 17.3. The molecule has 2 aromatic heterocycles. The Morgan fingerprint density at radius 3 is 2.67 bits per heavy atom. The monoisotopic (exact) mass is 330 g/mol. The maximum absolute atomic E-state index is 11.5. The number of hydrogen-bond acceptors (Lipinski definition) is 6. The second-order valence-corrected chi connectivity index (χ2v) is 6.42. The molecule has 0 radical (unpaired) electrons. The number of nitrogens with zero attached hydrogens (tertiary/aromatic N) is 5. The van der Waals surface area contributed by atoms with Gasteiger partial charge in [0.25, 0.3) is 0 Å². The van der Waals surface area contributed by atoms with E-state index in [1.807, 2.05) is 0 Å². The first-order valence-electron chi connectivity index (χ1n) is 8.27. The number of aromatic nitrogens is 4. The average Bonchev–Trinajstić information content (AvgIpc) is 2.94. The number of nitrogens with one attached hydrogen (secondary N) is 1. The highest BCUT2D eigenvalue weighted by Gasteiger charge is 2.27. The van der Waals surface area contributed by atoms with Crippen molar-refractivity contribution in [3.05, 3.63) is 34.0 Å². The van der Waals surface area contributed by atoms with E-state index in [0.29, 0.717) is 29.4 Å². The van der Waals surface area contributed by atoms with Crippen LogP contribution in [-0.4, -0.2) is 30.5 Å². The van der Waals surface area contributed by atoms with E-state index in [1.165, 1.54) is 19.3 Å². The Kier molecular flexibility index (Phi) is 4.46. The van der Waals surface area contributed by atoms with Gasteiger partial charge >= 0.3 is 5.69 Å². The van der Waals surface area contributed by atoms with E-state index in [9.17, 15) is 10.1 Å². The van der Waals surface area contributed by atoms with Gasteiger partial charge in [0.15, 0.2) is 0 Å². The van der Waals surface area contributed by atoms with Gasteiger partial charge in [0, 0.05) is 18.4 Å². The smallest absolute Gasteiger partial charge is 0.333 e. The second kappa shape index (κ2) is 6.54. The third-order valence-corrected chi connectivity index (χ3v) is 4.70. The number of nitro groups is 1. The van der Waals surface area contributed by atoms with Gasteiger partial charge in [-0.05, 0) is 32.6 Å². The summed E-state index contributed by atoms with van der Waals surface area (Å²) in [5.74, 6) is 1.89. The van der Waals surface area contributed by atoms with Crippen molar-refractivity contribution in [1.82, 2.24) is 19.5 Å². The summed E-state index contributed by atoms with van der Waals surface area (Å²) in [5.41, 5.74) is 0.266. The lowest BCUT2D eigenvalue weighted by molar-refractivity contribution is -0.385. The fourth-order valence-electron chi connectivity index (χ4n) is 3.30. The third kappa shape index (κ3) is 3.08. The summed E-state index contributed by atoms with van der Waals surface area (Å²) in [6, 6.07) is 0.302. The van der Waals surface area contributed by atoms with Crippen LogP contribution in [0, 0.1) is 29.9 Å². The number of aryl methyl sites for hydroxylation is 2. The molecule has 2 atom stereocenters. The van der Waals surface area contributed by atoms with Gasteiger partial charge in [-0.3, -0.25) is 14.7 Å². The van der Waals surface area contributed by atoms with Gasteiger partial charge in [-0.15, -0.1) is 0 Å². The van der Waals surface area contributed by atoms with Crippen LogP contribution < -0.4 is 5.32 Å². The molecule has 0 saturated heterocycles. The molecule has 2 heterocycles. The van der Waals surface area contributed by atoms with E-state index >= 15 is 0 Å². The summed E-state index contributed by atoms with van der Waals surface area (Å²) in [6.07, 6.45) is 7.96. The summed E-state index contributed by atoms with van der Waals surface area (Å²) in [6.45, 7) is 5.65. The van der Waals surface area contributed by atoms with Crippen LogP contribution in [0.2, 0.25) is 0 Å². The van der Waals surface area contributed by atoms with Crippen molar-refractivity contribution in [2.24, 2.45) is 5.92 Å². The molecule has 0 spiro atoms. The van der Waals surface area contributed by atoms with Gasteiger partial charge in [-0.1, -0.05) is 19.8 Å². The lowest BCUT2D eigenvalue weighted by atomic mass is 9.86. The molecule has 0 aliphatic heterocycles. The number of hydrogen-bond donors (Lipinski definition) is 1. The van der Waals surface area contributed by atoms with Crippen molar-refractivity contribution >= 4 is 11.6 Å². The van der Waals surface area contributed by atoms with E-state index in [1.54, 1.807) is 30.8 Å². The maximum atomic E-state index is 11.5. The largest absolute Gasteiger partial charge is 0.351 e. The van der Waals surface area contributed by atoms with Crippen molar-refractivity contribution in [1.29, 1.82) is 0 Å². The standard InChI is InChI=1S/C16H22N6O2/c1-10-6-4-5-7-13(10)19-16-18-11(2)14(22(23)24)15(20-16)21-9-8-17-12(21)3/h8-10,13H,4-7H2,1-3H3,(H,18,19,20). The lowest BCUT2D eigenvalue weighted by Crippen LogP contribution is -2.31. The molecule has 0 amide bonds. The Morgan fingerprint density at radius 1 is 1.29 bits per heavy atom. The van der Waals surface area contributed by atoms with Crippen LogP contribution in [0.5, 0.6) is 0 Å². The fourth-order valence-corrected chi connectivity index (χ4v) is 3.30. The normalized spacial score (nSPS) is 20.8. The van der Waals surface area contributed by atoms with Gasteiger partial charge in [-0.2, -0.15) is 4.98 Å². The molecule has 8 nitrogen and oxygen atoms in total. The summed E-state index contributed by atoms with van der Waals surface area (Å²) in [5, 5.41) is 14.9. The molecular weight excluding hydrogens is 308 g/mol. The first-order valence-corrected chi connectivity index (χ1v) is 8.27. The quantitative estimate of drug-likeness (QED) is 0.683. The minimum atomic E-state index is -0.433. The molecule has 1 N–H and O–H groups in total. The molecule has 1 aliphatic rings. The predicted molar refractivity (Wildman–Crippen MR) is 90.3 cm³/mol. The average molecular weight is 330 g/mol. The number of anilines is 1. The van der Waals surface area contributed by atoms with E-state index < -0.39 is 4.92 Å². The van der Waals surface area contributed by atoms with E-state index in [0.717, 1.165) is 6.42 Å². The number of rotatable bonds is 4. The van der Waals surface area contributed by atoms with E-state index in [4.69, 9.17) is 0 Å². The highest BCUT2D eigenvalue weighted by molar-refractivity contribution is 5.54. The van der Waals surface area contributed by atoms with Crippen LogP contribution in [-0.2, 0) is 0 Å². The molecule has 0 aromatic carbocycles. The Labute approximate surface area is 140 Å². The Bertz CT molecular complexity index is 757. The number of imidazole rings is 1. The van der Waals surface area contributed by atoms with E-state index in [2.05, 4.69) is 27.2 Å². The van der Waals surface area contributed by atoms with Crippen molar-refractivity contribution in [2.45, 2.75) is 52.5 Å². The molecule has 1 saturated carbocycles. The maximum Gasteiger partial charge on any atom is 0.333 e. The van der Waals surface area contributed by atoms with Crippen molar-refractivity contribution in [2.75, 3.05) is 5.32 Å². The summed E-state index contributed by atoms with van der Waals surface area (Å²) < 4.78 is 1.63. The van der Waals surface area contributed by atoms with Crippen LogP contribution >= 0.6 is 0 Å². The Morgan fingerprint density at radius 2 is 2.04 bits per heavy atom. The second-order valence-electron chi connectivity index (χ2n) is 6.42. The SMILES string of the molecule is Cc1nc(NC2CCCCC2C)nc(-n2ccnc2C)c1[N+](=O)[O-]. The predicted octanol–water partition coefficient (Wildman–Crippen LogP) is 3.18. The molecule has 1 fully saturated rings. The third-order valence-electron chi connectivity index (χ3n) is 4.70. The van der Waals surface area contributed by atoms with Crippen LogP contribution in [0.4, 0.5) is 11.6 Å². The van der Waals surface area contributed by atoms with Gasteiger partial charge in [0.05, 0.1) is 4.92 Å². The van der Waals surface area contributed by atoms with Crippen LogP contribution in [0.15, 0.2) is 12.4 Å².